The van der Waals surface area contributed by atoms with Gasteiger partial charge in [-0.2, -0.15) is 0 Å². The van der Waals surface area contributed by atoms with Crippen LogP contribution in [-0.2, 0) is 6.54 Å². The van der Waals surface area contributed by atoms with E-state index in [2.05, 4.69) is 27.9 Å². The molecule has 0 aromatic heterocycles. The van der Waals surface area contributed by atoms with Crippen molar-refractivity contribution in [1.82, 2.24) is 5.32 Å². The molecule has 1 N–H and O–H groups in total. The Hall–Kier alpha value is -0.160. The lowest BCUT2D eigenvalue weighted by Crippen LogP contribution is -2.15. The molecule has 0 fully saturated rings. The van der Waals surface area contributed by atoms with Crippen LogP contribution in [0, 0.1) is 5.82 Å². The highest BCUT2D eigenvalue weighted by atomic mass is 127. The minimum Gasteiger partial charge on any atom is -0.312 e. The smallest absolute Gasteiger partial charge is 0.123 e. The van der Waals surface area contributed by atoms with Crippen LogP contribution >= 0.6 is 22.6 Å². The third-order valence-corrected chi connectivity index (χ3v) is 2.05. The number of benzene rings is 1. The fraction of sp³-hybridized carbons (Fsp3) is 0.333. The van der Waals surface area contributed by atoms with E-state index in [0.29, 0.717) is 0 Å². The zero-order valence-corrected chi connectivity index (χ0v) is 8.84. The average Bonchev–Trinajstić information content (AvgIpc) is 2.09. The van der Waals surface area contributed by atoms with Crippen LogP contribution in [0.4, 0.5) is 4.39 Å². The molecule has 0 unspecified atom stereocenters. The van der Waals surface area contributed by atoms with Crippen LogP contribution in [0.5, 0.6) is 0 Å². The first-order chi connectivity index (χ1) is 5.83. The van der Waals surface area contributed by atoms with Gasteiger partial charge >= 0.3 is 0 Å². The minimum atomic E-state index is -0.173. The van der Waals surface area contributed by atoms with Gasteiger partial charge < -0.3 is 5.32 Å². The van der Waals surface area contributed by atoms with Gasteiger partial charge in [0.25, 0.3) is 0 Å². The number of halogens is 2. The molecule has 0 spiro atoms. The summed E-state index contributed by atoms with van der Waals surface area (Å²) < 4.78 is 13.5. The first kappa shape index (κ1) is 9.92. The van der Waals surface area contributed by atoms with Crippen molar-refractivity contribution < 1.29 is 4.39 Å². The Bertz CT molecular complexity index is 222. The molecule has 0 aliphatic rings. The Kier molecular flexibility index (Phi) is 4.53. The highest BCUT2D eigenvalue weighted by Gasteiger charge is 1.91. The summed E-state index contributed by atoms with van der Waals surface area (Å²) in [6.07, 6.45) is 0. The van der Waals surface area contributed by atoms with Gasteiger partial charge in [-0.3, -0.25) is 0 Å². The molecule has 66 valence electrons. The normalized spacial score (nSPS) is 10.2. The van der Waals surface area contributed by atoms with Crippen LogP contribution < -0.4 is 5.32 Å². The summed E-state index contributed by atoms with van der Waals surface area (Å²) in [5, 5.41) is 3.24. The third-order valence-electron chi connectivity index (χ3n) is 1.51. The Morgan fingerprint density at radius 1 is 1.25 bits per heavy atom. The molecule has 12 heavy (non-hydrogen) atoms. The first-order valence-electron chi connectivity index (χ1n) is 3.84. The van der Waals surface area contributed by atoms with Gasteiger partial charge in [0.1, 0.15) is 5.82 Å². The van der Waals surface area contributed by atoms with Crippen molar-refractivity contribution in [2.75, 3.05) is 11.0 Å². The fourth-order valence-corrected chi connectivity index (χ4v) is 1.28. The van der Waals surface area contributed by atoms with Gasteiger partial charge in [-0.1, -0.05) is 34.7 Å². The Morgan fingerprint density at radius 2 is 1.92 bits per heavy atom. The molecule has 0 amide bonds. The van der Waals surface area contributed by atoms with E-state index in [-0.39, 0.29) is 5.82 Å². The van der Waals surface area contributed by atoms with Crippen LogP contribution in [0.2, 0.25) is 0 Å². The molecule has 1 nitrogen and oxygen atoms in total. The summed E-state index contributed by atoms with van der Waals surface area (Å²) in [7, 11) is 0. The standard InChI is InChI=1S/C9H11FIN/c10-9-3-1-8(2-4-9)7-12-6-5-11/h1-4,12H,5-7H2. The molecule has 3 heteroatoms. The monoisotopic (exact) mass is 279 g/mol. The molecule has 0 aliphatic heterocycles. The van der Waals surface area contributed by atoms with Gasteiger partial charge in [0.05, 0.1) is 0 Å². The van der Waals surface area contributed by atoms with Crippen LogP contribution in [-0.4, -0.2) is 11.0 Å². The molecule has 0 saturated heterocycles. The maximum absolute atomic E-state index is 12.5. The van der Waals surface area contributed by atoms with Gasteiger partial charge in [-0.25, -0.2) is 4.39 Å². The second-order valence-electron chi connectivity index (χ2n) is 2.49. The maximum atomic E-state index is 12.5. The van der Waals surface area contributed by atoms with Crippen molar-refractivity contribution in [2.24, 2.45) is 0 Å². The van der Waals surface area contributed by atoms with E-state index in [1.54, 1.807) is 12.1 Å². The van der Waals surface area contributed by atoms with Crippen molar-refractivity contribution in [1.29, 1.82) is 0 Å². The number of hydrogen-bond donors (Lipinski definition) is 1. The highest BCUT2D eigenvalue weighted by Crippen LogP contribution is 2.01. The zero-order chi connectivity index (χ0) is 8.81. The summed E-state index contributed by atoms with van der Waals surface area (Å²) >= 11 is 2.31. The van der Waals surface area contributed by atoms with Crippen molar-refractivity contribution in [3.63, 3.8) is 0 Å². The third kappa shape index (κ3) is 3.49. The fourth-order valence-electron chi connectivity index (χ4n) is 0.902. The largest absolute Gasteiger partial charge is 0.312 e. The molecule has 1 aromatic rings. The number of alkyl halides is 1. The first-order valence-corrected chi connectivity index (χ1v) is 5.36. The van der Waals surface area contributed by atoms with Gasteiger partial charge in [0.15, 0.2) is 0 Å². The van der Waals surface area contributed by atoms with Crippen LogP contribution in [0.1, 0.15) is 5.56 Å². The molecule has 0 bridgehead atoms. The van der Waals surface area contributed by atoms with Crippen LogP contribution in [0.15, 0.2) is 24.3 Å². The van der Waals surface area contributed by atoms with Gasteiger partial charge in [0, 0.05) is 17.5 Å². The molecule has 0 atom stereocenters. The topological polar surface area (TPSA) is 12.0 Å². The van der Waals surface area contributed by atoms with Crippen LogP contribution in [0.25, 0.3) is 0 Å². The highest BCUT2D eigenvalue weighted by molar-refractivity contribution is 14.1. The van der Waals surface area contributed by atoms with Gasteiger partial charge in [-0.15, -0.1) is 0 Å². The Labute approximate surface area is 85.5 Å². The Morgan fingerprint density at radius 3 is 2.50 bits per heavy atom. The van der Waals surface area contributed by atoms with E-state index >= 15 is 0 Å². The number of hydrogen-bond acceptors (Lipinski definition) is 1. The van der Waals surface area contributed by atoms with Crippen molar-refractivity contribution in [3.05, 3.63) is 35.6 Å². The van der Waals surface area contributed by atoms with Gasteiger partial charge in [0.2, 0.25) is 0 Å². The average molecular weight is 279 g/mol. The molecular formula is C9H11FIN. The number of nitrogens with one attached hydrogen (secondary N) is 1. The summed E-state index contributed by atoms with van der Waals surface area (Å²) in [5.41, 5.74) is 1.13. The van der Waals surface area contributed by atoms with E-state index < -0.39 is 0 Å². The lowest BCUT2D eigenvalue weighted by molar-refractivity contribution is 0.626. The number of rotatable bonds is 4. The Balaban J connectivity index is 2.37. The zero-order valence-electron chi connectivity index (χ0n) is 6.69. The quantitative estimate of drug-likeness (QED) is 0.507. The predicted octanol–water partition coefficient (Wildman–Crippen LogP) is 2.35. The summed E-state index contributed by atoms with van der Waals surface area (Å²) in [4.78, 5) is 0. The lowest BCUT2D eigenvalue weighted by Gasteiger charge is -2.01. The summed E-state index contributed by atoms with van der Waals surface area (Å²) in [6, 6.07) is 6.58. The molecular weight excluding hydrogens is 268 g/mol. The predicted molar refractivity (Wildman–Crippen MR) is 57.0 cm³/mol. The maximum Gasteiger partial charge on any atom is 0.123 e. The van der Waals surface area contributed by atoms with Crippen LogP contribution in [0.3, 0.4) is 0 Å². The van der Waals surface area contributed by atoms with Crippen molar-refractivity contribution in [2.45, 2.75) is 6.54 Å². The second kappa shape index (κ2) is 5.48. The summed E-state index contributed by atoms with van der Waals surface area (Å²) in [6.45, 7) is 1.82. The van der Waals surface area contributed by atoms with E-state index in [4.69, 9.17) is 0 Å². The molecule has 1 rings (SSSR count). The second-order valence-corrected chi connectivity index (χ2v) is 3.57. The van der Waals surface area contributed by atoms with E-state index in [1.807, 2.05) is 0 Å². The minimum absolute atomic E-state index is 0.173. The van der Waals surface area contributed by atoms with E-state index in [0.717, 1.165) is 23.1 Å². The summed E-state index contributed by atoms with van der Waals surface area (Å²) in [5.74, 6) is -0.173. The molecule has 0 heterocycles. The lowest BCUT2D eigenvalue weighted by atomic mass is 10.2. The molecule has 0 aliphatic carbocycles. The van der Waals surface area contributed by atoms with E-state index in [1.165, 1.54) is 12.1 Å². The molecule has 0 radical (unpaired) electrons. The van der Waals surface area contributed by atoms with E-state index in [9.17, 15) is 4.39 Å². The molecule has 0 saturated carbocycles. The SMILES string of the molecule is Fc1ccc(CNCCI)cc1. The van der Waals surface area contributed by atoms with Crippen molar-refractivity contribution >= 4 is 22.6 Å². The van der Waals surface area contributed by atoms with Crippen molar-refractivity contribution in [3.8, 4) is 0 Å². The molecule has 1 aromatic carbocycles. The van der Waals surface area contributed by atoms with Gasteiger partial charge in [-0.05, 0) is 17.7 Å².